The minimum Gasteiger partial charge on any atom is -0.378 e. The number of ether oxygens (including phenoxy) is 1. The Morgan fingerprint density at radius 3 is 2.84 bits per heavy atom. The van der Waals surface area contributed by atoms with Gasteiger partial charge < -0.3 is 19.9 Å². The molecule has 9 nitrogen and oxygen atoms in total. The number of hydrogen-bond donors (Lipinski definition) is 2. The Bertz CT molecular complexity index is 1280. The Morgan fingerprint density at radius 1 is 1.19 bits per heavy atom. The molecule has 1 saturated heterocycles. The molecule has 0 atom stereocenters. The Kier molecular flexibility index (Phi) is 4.43. The molecule has 3 aromatic heterocycles. The van der Waals surface area contributed by atoms with Crippen molar-refractivity contribution in [3.8, 4) is 0 Å². The molecule has 31 heavy (non-hydrogen) atoms. The first-order valence-electron chi connectivity index (χ1n) is 10.3. The molecule has 0 spiro atoms. The van der Waals surface area contributed by atoms with Crippen LogP contribution >= 0.6 is 11.6 Å². The van der Waals surface area contributed by atoms with E-state index >= 15 is 0 Å². The number of fused-ring (bicyclic) bond motifs is 2. The summed E-state index contributed by atoms with van der Waals surface area (Å²) in [5.41, 5.74) is 2.79. The number of aromatic amines is 1. The Hall–Kier alpha value is -2.98. The van der Waals surface area contributed by atoms with Gasteiger partial charge in [0.15, 0.2) is 11.5 Å². The second-order valence-corrected chi connectivity index (χ2v) is 8.26. The highest BCUT2D eigenvalue weighted by molar-refractivity contribution is 6.31. The summed E-state index contributed by atoms with van der Waals surface area (Å²) in [6.07, 6.45) is 4.21. The lowest BCUT2D eigenvalue weighted by atomic mass is 10.2. The lowest BCUT2D eigenvalue weighted by Crippen LogP contribution is -2.37. The number of rotatable bonds is 5. The van der Waals surface area contributed by atoms with Gasteiger partial charge in [0, 0.05) is 18.7 Å². The fraction of sp³-hybridized carbons (Fsp3) is 0.400. The molecule has 1 aromatic carbocycles. The molecule has 2 N–H and O–H groups in total. The summed E-state index contributed by atoms with van der Waals surface area (Å²) in [4.78, 5) is 19.1. The zero-order valence-corrected chi connectivity index (χ0v) is 17.4. The first-order chi connectivity index (χ1) is 15.2. The number of imidazole rings is 1. The molecule has 4 aromatic rings. The van der Waals surface area contributed by atoms with Gasteiger partial charge in [-0.25, -0.2) is 9.37 Å². The number of aromatic nitrogens is 6. The van der Waals surface area contributed by atoms with Gasteiger partial charge in [0.2, 0.25) is 11.9 Å². The van der Waals surface area contributed by atoms with Crippen LogP contribution in [0.15, 0.2) is 18.3 Å². The molecule has 0 amide bonds. The van der Waals surface area contributed by atoms with Crippen LogP contribution in [0.4, 0.5) is 16.3 Å². The van der Waals surface area contributed by atoms with Crippen molar-refractivity contribution in [1.82, 2.24) is 29.5 Å². The van der Waals surface area contributed by atoms with Gasteiger partial charge in [-0.05, 0) is 30.9 Å². The number of morpholine rings is 1. The summed E-state index contributed by atoms with van der Waals surface area (Å²) in [5, 5.41) is 7.87. The topological polar surface area (TPSA) is 96.3 Å². The number of H-pyrrole nitrogens is 1. The van der Waals surface area contributed by atoms with E-state index in [0.717, 1.165) is 37.1 Å². The van der Waals surface area contributed by atoms with E-state index in [1.807, 2.05) is 6.20 Å². The number of nitrogens with zero attached hydrogens (tertiary/aromatic N) is 6. The summed E-state index contributed by atoms with van der Waals surface area (Å²) < 4.78 is 21.4. The Balaban J connectivity index is 1.35. The highest BCUT2D eigenvalue weighted by Crippen LogP contribution is 2.42. The van der Waals surface area contributed by atoms with E-state index in [-0.39, 0.29) is 10.5 Å². The second-order valence-electron chi connectivity index (χ2n) is 7.85. The summed E-state index contributed by atoms with van der Waals surface area (Å²) in [7, 11) is 0. The minimum absolute atomic E-state index is 0.0512. The number of nitrogens with one attached hydrogen (secondary N) is 2. The first kappa shape index (κ1) is 18.8. The normalized spacial score (nSPS) is 17.0. The van der Waals surface area contributed by atoms with E-state index in [1.165, 1.54) is 6.07 Å². The van der Waals surface area contributed by atoms with Crippen molar-refractivity contribution in [3.05, 3.63) is 40.6 Å². The standard InChI is InChI=1S/C20H20ClFN8O/c21-13-3-4-14-17(16(13)22)26-15(25-14)10-23-19-28-20(29-5-7-31-8-6-29)27-18-12(11-1-2-11)9-24-30(18)19/h3-4,9,11H,1-2,5-8,10H2,(H,25,26)(H,23,27,28). The van der Waals surface area contributed by atoms with Gasteiger partial charge in [0.05, 0.1) is 36.5 Å². The van der Waals surface area contributed by atoms with E-state index in [1.54, 1.807) is 10.6 Å². The molecule has 6 rings (SSSR count). The van der Waals surface area contributed by atoms with Crippen molar-refractivity contribution in [2.45, 2.75) is 25.3 Å². The zero-order valence-electron chi connectivity index (χ0n) is 16.6. The van der Waals surface area contributed by atoms with E-state index in [2.05, 4.69) is 25.3 Å². The smallest absolute Gasteiger partial charge is 0.230 e. The predicted octanol–water partition coefficient (Wildman–Crippen LogP) is 3.12. The molecule has 0 unspecified atom stereocenters. The van der Waals surface area contributed by atoms with Gasteiger partial charge in [0.25, 0.3) is 0 Å². The summed E-state index contributed by atoms with van der Waals surface area (Å²) in [6.45, 7) is 3.11. The minimum atomic E-state index is -0.526. The Labute approximate surface area is 181 Å². The SMILES string of the molecule is Fc1c(Cl)ccc2[nH]c(CNc3nc(N4CCOCC4)nc4c(C5CC5)cnn34)nc12. The maximum Gasteiger partial charge on any atom is 0.230 e. The average molecular weight is 443 g/mol. The number of anilines is 2. The Morgan fingerprint density at radius 2 is 2.03 bits per heavy atom. The summed E-state index contributed by atoms with van der Waals surface area (Å²) in [5.74, 6) is 1.79. The first-order valence-corrected chi connectivity index (χ1v) is 10.7. The van der Waals surface area contributed by atoms with Gasteiger partial charge in [0.1, 0.15) is 11.3 Å². The molecule has 4 heterocycles. The zero-order chi connectivity index (χ0) is 20.9. The van der Waals surface area contributed by atoms with E-state index in [9.17, 15) is 4.39 Å². The van der Waals surface area contributed by atoms with Gasteiger partial charge in [-0.1, -0.05) is 11.6 Å². The molecular formula is C20H20ClFN8O. The molecule has 2 fully saturated rings. The van der Waals surface area contributed by atoms with Gasteiger partial charge in [-0.2, -0.15) is 19.6 Å². The maximum absolute atomic E-state index is 14.2. The quantitative estimate of drug-likeness (QED) is 0.490. The maximum atomic E-state index is 14.2. The molecule has 0 bridgehead atoms. The molecule has 1 aliphatic heterocycles. The van der Waals surface area contributed by atoms with Gasteiger partial charge in [-0.15, -0.1) is 0 Å². The van der Waals surface area contributed by atoms with Crippen LogP contribution in [-0.4, -0.2) is 55.9 Å². The highest BCUT2D eigenvalue weighted by Gasteiger charge is 2.29. The van der Waals surface area contributed by atoms with Crippen molar-refractivity contribution < 1.29 is 9.13 Å². The molecule has 2 aliphatic rings. The van der Waals surface area contributed by atoms with Crippen LogP contribution in [0.2, 0.25) is 5.02 Å². The monoisotopic (exact) mass is 442 g/mol. The van der Waals surface area contributed by atoms with Gasteiger partial charge in [-0.3, -0.25) is 0 Å². The number of hydrogen-bond acceptors (Lipinski definition) is 7. The summed E-state index contributed by atoms with van der Waals surface area (Å²) >= 11 is 5.87. The third kappa shape index (κ3) is 3.35. The van der Waals surface area contributed by atoms with Crippen LogP contribution in [-0.2, 0) is 11.3 Å². The lowest BCUT2D eigenvalue weighted by molar-refractivity contribution is 0.122. The van der Waals surface area contributed by atoms with Crippen LogP contribution in [0.5, 0.6) is 0 Å². The van der Waals surface area contributed by atoms with E-state index in [0.29, 0.717) is 48.9 Å². The van der Waals surface area contributed by atoms with Crippen LogP contribution in [0.1, 0.15) is 30.1 Å². The van der Waals surface area contributed by atoms with Crippen LogP contribution in [0, 0.1) is 5.82 Å². The van der Waals surface area contributed by atoms with Crippen LogP contribution < -0.4 is 10.2 Å². The largest absolute Gasteiger partial charge is 0.378 e. The number of halogens is 2. The molecule has 11 heteroatoms. The predicted molar refractivity (Wildman–Crippen MR) is 114 cm³/mol. The second kappa shape index (κ2) is 7.31. The van der Waals surface area contributed by atoms with Crippen LogP contribution in [0.3, 0.4) is 0 Å². The molecule has 1 aliphatic carbocycles. The van der Waals surface area contributed by atoms with Crippen molar-refractivity contribution in [1.29, 1.82) is 0 Å². The van der Waals surface area contributed by atoms with Crippen molar-refractivity contribution in [2.75, 3.05) is 36.5 Å². The fourth-order valence-corrected chi connectivity index (χ4v) is 4.05. The highest BCUT2D eigenvalue weighted by atomic mass is 35.5. The molecule has 1 saturated carbocycles. The average Bonchev–Trinajstić information content (AvgIpc) is 3.40. The lowest BCUT2D eigenvalue weighted by Gasteiger charge is -2.27. The van der Waals surface area contributed by atoms with Gasteiger partial charge >= 0.3 is 0 Å². The third-order valence-electron chi connectivity index (χ3n) is 5.70. The molecular weight excluding hydrogens is 423 g/mol. The fourth-order valence-electron chi connectivity index (χ4n) is 3.90. The summed E-state index contributed by atoms with van der Waals surface area (Å²) in [6, 6.07) is 3.23. The van der Waals surface area contributed by atoms with E-state index in [4.69, 9.17) is 26.3 Å². The number of benzene rings is 1. The van der Waals surface area contributed by atoms with Crippen molar-refractivity contribution in [2.24, 2.45) is 0 Å². The van der Waals surface area contributed by atoms with E-state index < -0.39 is 5.82 Å². The molecule has 160 valence electrons. The van der Waals surface area contributed by atoms with Crippen LogP contribution in [0.25, 0.3) is 16.7 Å². The van der Waals surface area contributed by atoms with Crippen molar-refractivity contribution in [3.63, 3.8) is 0 Å². The third-order valence-corrected chi connectivity index (χ3v) is 6.00. The van der Waals surface area contributed by atoms with Crippen molar-refractivity contribution >= 4 is 40.2 Å². The molecule has 0 radical (unpaired) electrons.